The molecule has 3 heterocycles. The molecule has 0 radical (unpaired) electrons. The fraction of sp³-hybridized carbons (Fsp3) is 0.364. The number of aromatic nitrogens is 2. The third kappa shape index (κ3) is 3.78. The summed E-state index contributed by atoms with van der Waals surface area (Å²) < 4.78 is 7.12. The fourth-order valence-electron chi connectivity index (χ4n) is 4.06. The molecule has 1 aliphatic heterocycles. The highest BCUT2D eigenvalue weighted by Gasteiger charge is 2.40. The lowest BCUT2D eigenvalue weighted by molar-refractivity contribution is -0.121. The lowest BCUT2D eigenvalue weighted by Gasteiger charge is -2.21. The monoisotopic (exact) mass is 423 g/mol. The molecule has 0 bridgehead atoms. The summed E-state index contributed by atoms with van der Waals surface area (Å²) >= 11 is 0. The van der Waals surface area contributed by atoms with Crippen molar-refractivity contribution in [3.8, 4) is 0 Å². The van der Waals surface area contributed by atoms with Crippen LogP contribution in [0.3, 0.4) is 0 Å². The Morgan fingerprint density at radius 2 is 2.03 bits per heavy atom. The lowest BCUT2D eigenvalue weighted by atomic mass is 10.1. The Kier molecular flexibility index (Phi) is 5.50. The highest BCUT2D eigenvalue weighted by atomic mass is 16.3. The molecule has 31 heavy (non-hydrogen) atoms. The Balaban J connectivity index is 1.54. The summed E-state index contributed by atoms with van der Waals surface area (Å²) in [7, 11) is 0. The summed E-state index contributed by atoms with van der Waals surface area (Å²) in [6.07, 6.45) is 2.37. The minimum absolute atomic E-state index is 0.179. The van der Waals surface area contributed by atoms with Crippen molar-refractivity contribution in [2.75, 3.05) is 6.54 Å². The third-order valence-electron chi connectivity index (χ3n) is 5.66. The number of hydrogen-bond acceptors (Lipinski definition) is 5. The number of rotatable bonds is 6. The van der Waals surface area contributed by atoms with E-state index in [0.717, 1.165) is 12.1 Å². The second kappa shape index (κ2) is 8.25. The first-order valence-electron chi connectivity index (χ1n) is 10.4. The lowest BCUT2D eigenvalue weighted by Crippen LogP contribution is -2.44. The first-order valence-corrected chi connectivity index (χ1v) is 10.4. The summed E-state index contributed by atoms with van der Waals surface area (Å²) in [5, 5.41) is 8.00. The summed E-state index contributed by atoms with van der Waals surface area (Å²) in [5.41, 5.74) is 7.82. The van der Waals surface area contributed by atoms with Crippen LogP contribution in [0, 0.1) is 0 Å². The number of carbonyl (C=O) groups is 3. The zero-order valence-electron chi connectivity index (χ0n) is 17.5. The quantitative estimate of drug-likeness (QED) is 0.625. The Labute approximate surface area is 179 Å². The molecule has 3 N–H and O–H groups in total. The number of furan rings is 1. The van der Waals surface area contributed by atoms with Crippen molar-refractivity contribution in [3.63, 3.8) is 0 Å². The van der Waals surface area contributed by atoms with Crippen LogP contribution in [-0.4, -0.2) is 51.0 Å². The van der Waals surface area contributed by atoms with Gasteiger partial charge in [-0.25, -0.2) is 0 Å². The number of carbonyl (C=O) groups excluding carboxylic acids is 3. The van der Waals surface area contributed by atoms with Gasteiger partial charge in [-0.3, -0.25) is 19.1 Å². The van der Waals surface area contributed by atoms with Gasteiger partial charge in [0.1, 0.15) is 23.6 Å². The Hall–Kier alpha value is -3.62. The molecule has 0 saturated carbocycles. The molecule has 1 aliphatic rings. The molecule has 3 aromatic rings. The van der Waals surface area contributed by atoms with Gasteiger partial charge in [0.2, 0.25) is 5.91 Å². The van der Waals surface area contributed by atoms with Crippen molar-refractivity contribution in [2.24, 2.45) is 5.73 Å². The smallest absolute Gasteiger partial charge is 0.269 e. The van der Waals surface area contributed by atoms with Gasteiger partial charge in [0.15, 0.2) is 0 Å². The van der Waals surface area contributed by atoms with Gasteiger partial charge >= 0.3 is 0 Å². The zero-order chi connectivity index (χ0) is 22.1. The van der Waals surface area contributed by atoms with E-state index in [0.29, 0.717) is 28.8 Å². The Morgan fingerprint density at radius 1 is 1.26 bits per heavy atom. The molecule has 0 aliphatic carbocycles. The molecule has 1 fully saturated rings. The molecule has 9 heteroatoms. The second-order valence-corrected chi connectivity index (χ2v) is 7.62. The van der Waals surface area contributed by atoms with Crippen molar-refractivity contribution in [1.82, 2.24) is 20.0 Å². The molecule has 3 amide bonds. The molecule has 2 atom stereocenters. The van der Waals surface area contributed by atoms with Gasteiger partial charge < -0.3 is 20.4 Å². The summed E-state index contributed by atoms with van der Waals surface area (Å²) in [5.74, 6) is -1.24. The zero-order valence-corrected chi connectivity index (χ0v) is 17.5. The molecule has 9 nitrogen and oxygen atoms in total. The number of aryl methyl sites for hydroxylation is 2. The maximum atomic E-state index is 13.2. The van der Waals surface area contributed by atoms with Crippen molar-refractivity contribution in [3.05, 3.63) is 53.5 Å². The third-order valence-corrected chi connectivity index (χ3v) is 5.66. The largest absolute Gasteiger partial charge is 0.463 e. The molecule has 2 aromatic heterocycles. The number of nitrogens with two attached hydrogens (primary N) is 1. The number of nitrogens with one attached hydrogen (secondary N) is 1. The predicted molar refractivity (Wildman–Crippen MR) is 113 cm³/mol. The van der Waals surface area contributed by atoms with Crippen molar-refractivity contribution >= 4 is 28.7 Å². The molecule has 4 rings (SSSR count). The highest BCUT2D eigenvalue weighted by molar-refractivity contribution is 6.07. The number of para-hydroxylation sites is 1. The number of primary amides is 1. The van der Waals surface area contributed by atoms with Gasteiger partial charge in [-0.05, 0) is 31.9 Å². The Morgan fingerprint density at radius 3 is 2.74 bits per heavy atom. The van der Waals surface area contributed by atoms with E-state index in [-0.39, 0.29) is 24.8 Å². The van der Waals surface area contributed by atoms with Crippen LogP contribution in [0.25, 0.3) is 11.0 Å². The first-order chi connectivity index (χ1) is 14.9. The van der Waals surface area contributed by atoms with E-state index in [1.54, 1.807) is 22.9 Å². The number of fused-ring (bicyclic) bond motifs is 1. The van der Waals surface area contributed by atoms with Crippen LogP contribution >= 0.6 is 0 Å². The van der Waals surface area contributed by atoms with E-state index in [4.69, 9.17) is 10.2 Å². The average molecular weight is 423 g/mol. The highest BCUT2D eigenvalue weighted by Crippen LogP contribution is 2.26. The number of benzene rings is 1. The van der Waals surface area contributed by atoms with Gasteiger partial charge in [0, 0.05) is 24.5 Å². The standard InChI is InChI=1S/C22H25N5O4/c1-3-13-9-18(27(4-2)25-13)21(29)24-14-10-17(20(23)28)26(11-14)22(30)16-12-31-19-8-6-5-7-15(16)19/h5-9,12,14,17H,3-4,10-11H2,1-2H3,(H2,23,28)(H,24,29)/t14?,17-/m0/s1. The fourth-order valence-corrected chi connectivity index (χ4v) is 4.06. The van der Waals surface area contributed by atoms with Gasteiger partial charge in [-0.2, -0.15) is 5.10 Å². The summed E-state index contributed by atoms with van der Waals surface area (Å²) in [6, 6.07) is 7.74. The van der Waals surface area contributed by atoms with Crippen molar-refractivity contribution in [1.29, 1.82) is 0 Å². The maximum absolute atomic E-state index is 13.2. The van der Waals surface area contributed by atoms with Crippen LogP contribution in [0.2, 0.25) is 0 Å². The number of likely N-dealkylation sites (tertiary alicyclic amines) is 1. The maximum Gasteiger partial charge on any atom is 0.269 e. The van der Waals surface area contributed by atoms with Crippen LogP contribution in [0.4, 0.5) is 0 Å². The van der Waals surface area contributed by atoms with E-state index in [1.165, 1.54) is 11.2 Å². The van der Waals surface area contributed by atoms with Crippen LogP contribution in [-0.2, 0) is 17.8 Å². The van der Waals surface area contributed by atoms with Crippen molar-refractivity contribution < 1.29 is 18.8 Å². The molecular formula is C22H25N5O4. The molecular weight excluding hydrogens is 398 g/mol. The van der Waals surface area contributed by atoms with Gasteiger partial charge in [-0.1, -0.05) is 25.1 Å². The van der Waals surface area contributed by atoms with Crippen LogP contribution in [0.5, 0.6) is 0 Å². The van der Waals surface area contributed by atoms with Crippen LogP contribution in [0.15, 0.2) is 41.0 Å². The van der Waals surface area contributed by atoms with Gasteiger partial charge in [0.25, 0.3) is 11.8 Å². The van der Waals surface area contributed by atoms with Gasteiger partial charge in [-0.15, -0.1) is 0 Å². The van der Waals surface area contributed by atoms with E-state index >= 15 is 0 Å². The number of amides is 3. The van der Waals surface area contributed by atoms with E-state index in [2.05, 4.69) is 10.4 Å². The van der Waals surface area contributed by atoms with Crippen LogP contribution in [0.1, 0.15) is 46.8 Å². The molecule has 1 saturated heterocycles. The number of nitrogens with zero attached hydrogens (tertiary/aromatic N) is 3. The number of hydrogen-bond donors (Lipinski definition) is 2. The molecule has 0 spiro atoms. The SMILES string of the molecule is CCc1cc(C(=O)NC2C[C@@H](C(N)=O)N(C(=O)c3coc4ccccc34)C2)n(CC)n1. The van der Waals surface area contributed by atoms with E-state index < -0.39 is 18.0 Å². The molecule has 1 aromatic carbocycles. The predicted octanol–water partition coefficient (Wildman–Crippen LogP) is 1.71. The Bertz CT molecular complexity index is 1150. The van der Waals surface area contributed by atoms with Gasteiger partial charge in [0.05, 0.1) is 11.3 Å². The van der Waals surface area contributed by atoms with E-state index in [9.17, 15) is 14.4 Å². The topological polar surface area (TPSA) is 123 Å². The minimum Gasteiger partial charge on any atom is -0.463 e. The minimum atomic E-state index is -0.811. The van der Waals surface area contributed by atoms with Crippen molar-refractivity contribution in [2.45, 2.75) is 45.3 Å². The molecule has 1 unspecified atom stereocenters. The summed E-state index contributed by atoms with van der Waals surface area (Å²) in [6.45, 7) is 4.63. The molecule has 162 valence electrons. The summed E-state index contributed by atoms with van der Waals surface area (Å²) in [4.78, 5) is 39.6. The van der Waals surface area contributed by atoms with E-state index in [1.807, 2.05) is 26.0 Å². The van der Waals surface area contributed by atoms with Crippen LogP contribution < -0.4 is 11.1 Å². The first kappa shape index (κ1) is 20.6. The average Bonchev–Trinajstić information content (AvgIpc) is 3.49. The normalized spacial score (nSPS) is 18.5. The second-order valence-electron chi connectivity index (χ2n) is 7.62.